The van der Waals surface area contributed by atoms with Crippen molar-refractivity contribution in [2.75, 3.05) is 0 Å². The van der Waals surface area contributed by atoms with Crippen LogP contribution in [0.25, 0.3) is 0 Å². The Morgan fingerprint density at radius 1 is 1.38 bits per heavy atom. The molecule has 1 aromatic heterocycles. The van der Waals surface area contributed by atoms with Crippen molar-refractivity contribution in [1.29, 1.82) is 0 Å². The van der Waals surface area contributed by atoms with Crippen LogP contribution >= 0.6 is 27.3 Å². The second kappa shape index (κ2) is 4.97. The molecule has 1 heterocycles. The molecule has 16 heavy (non-hydrogen) atoms. The summed E-state index contributed by atoms with van der Waals surface area (Å²) in [5.41, 5.74) is 2.16. The zero-order chi connectivity index (χ0) is 11.5. The standard InChI is InChI=1S/C12H12BrNOS/c1-8-5-11(3-4-12(8)13)15-6-10-7-16-9(2)14-10/h3-5,7H,6H2,1-2H3. The van der Waals surface area contributed by atoms with Crippen molar-refractivity contribution < 1.29 is 4.74 Å². The van der Waals surface area contributed by atoms with E-state index in [2.05, 4.69) is 20.9 Å². The third kappa shape index (κ3) is 2.83. The molecule has 0 saturated carbocycles. The van der Waals surface area contributed by atoms with Crippen LogP contribution in [0.3, 0.4) is 0 Å². The van der Waals surface area contributed by atoms with Gasteiger partial charge in [-0.2, -0.15) is 0 Å². The molecule has 0 amide bonds. The molecular weight excluding hydrogens is 286 g/mol. The number of aromatic nitrogens is 1. The van der Waals surface area contributed by atoms with Crippen LogP contribution < -0.4 is 4.74 Å². The molecule has 4 heteroatoms. The van der Waals surface area contributed by atoms with Crippen molar-refractivity contribution >= 4 is 27.3 Å². The molecule has 0 fully saturated rings. The van der Waals surface area contributed by atoms with Crippen LogP contribution in [-0.2, 0) is 6.61 Å². The summed E-state index contributed by atoms with van der Waals surface area (Å²) < 4.78 is 6.77. The zero-order valence-electron chi connectivity index (χ0n) is 9.16. The maximum absolute atomic E-state index is 5.66. The average molecular weight is 298 g/mol. The van der Waals surface area contributed by atoms with Gasteiger partial charge in [-0.25, -0.2) is 4.98 Å². The van der Waals surface area contributed by atoms with E-state index in [1.807, 2.05) is 37.4 Å². The van der Waals surface area contributed by atoms with Gasteiger partial charge in [-0.3, -0.25) is 0 Å². The molecule has 0 aliphatic heterocycles. The second-order valence-electron chi connectivity index (χ2n) is 3.56. The fraction of sp³-hybridized carbons (Fsp3) is 0.250. The Morgan fingerprint density at radius 3 is 2.81 bits per heavy atom. The molecule has 2 aromatic rings. The first kappa shape index (κ1) is 11.6. The minimum Gasteiger partial charge on any atom is -0.487 e. The molecule has 1 aromatic carbocycles. The Morgan fingerprint density at radius 2 is 2.19 bits per heavy atom. The molecule has 2 rings (SSSR count). The van der Waals surface area contributed by atoms with E-state index >= 15 is 0 Å². The average Bonchev–Trinajstić information content (AvgIpc) is 2.66. The molecule has 0 aliphatic rings. The number of hydrogen-bond donors (Lipinski definition) is 0. The van der Waals surface area contributed by atoms with Gasteiger partial charge in [0.25, 0.3) is 0 Å². The van der Waals surface area contributed by atoms with Crippen molar-refractivity contribution in [1.82, 2.24) is 4.98 Å². The molecule has 0 radical (unpaired) electrons. The first-order valence-corrected chi connectivity index (χ1v) is 6.62. The maximum atomic E-state index is 5.66. The lowest BCUT2D eigenvalue weighted by Gasteiger charge is -2.06. The Hall–Kier alpha value is -0.870. The van der Waals surface area contributed by atoms with Crippen LogP contribution in [0.4, 0.5) is 0 Å². The van der Waals surface area contributed by atoms with E-state index in [9.17, 15) is 0 Å². The van der Waals surface area contributed by atoms with Crippen LogP contribution in [0.5, 0.6) is 5.75 Å². The number of benzene rings is 1. The summed E-state index contributed by atoms with van der Waals surface area (Å²) in [6.07, 6.45) is 0. The van der Waals surface area contributed by atoms with Crippen LogP contribution in [0.2, 0.25) is 0 Å². The molecule has 0 aliphatic carbocycles. The number of thiazole rings is 1. The van der Waals surface area contributed by atoms with Crippen LogP contribution in [0.15, 0.2) is 28.1 Å². The highest BCUT2D eigenvalue weighted by atomic mass is 79.9. The number of nitrogens with zero attached hydrogens (tertiary/aromatic N) is 1. The van der Waals surface area contributed by atoms with Gasteiger partial charge in [0.15, 0.2) is 0 Å². The molecule has 0 bridgehead atoms. The first-order chi connectivity index (χ1) is 7.65. The molecule has 0 atom stereocenters. The number of halogens is 1. The summed E-state index contributed by atoms with van der Waals surface area (Å²) in [6, 6.07) is 5.97. The van der Waals surface area contributed by atoms with Gasteiger partial charge in [0, 0.05) is 9.85 Å². The van der Waals surface area contributed by atoms with Crippen LogP contribution in [-0.4, -0.2) is 4.98 Å². The Bertz CT molecular complexity index is 496. The summed E-state index contributed by atoms with van der Waals surface area (Å²) in [6.45, 7) is 4.58. The Kier molecular flexibility index (Phi) is 3.61. The van der Waals surface area contributed by atoms with Crippen molar-refractivity contribution in [3.8, 4) is 5.75 Å². The maximum Gasteiger partial charge on any atom is 0.131 e. The van der Waals surface area contributed by atoms with E-state index in [1.165, 1.54) is 5.56 Å². The number of aryl methyl sites for hydroxylation is 2. The van der Waals surface area contributed by atoms with E-state index in [0.717, 1.165) is 20.9 Å². The molecule has 84 valence electrons. The highest BCUT2D eigenvalue weighted by Gasteiger charge is 2.01. The number of rotatable bonds is 3. The summed E-state index contributed by atoms with van der Waals surface area (Å²) >= 11 is 5.11. The minimum absolute atomic E-state index is 0.533. The van der Waals surface area contributed by atoms with Gasteiger partial charge in [-0.15, -0.1) is 11.3 Å². The lowest BCUT2D eigenvalue weighted by Crippen LogP contribution is -1.96. The molecule has 0 saturated heterocycles. The SMILES string of the molecule is Cc1nc(COc2ccc(Br)c(C)c2)cs1. The number of hydrogen-bond acceptors (Lipinski definition) is 3. The minimum atomic E-state index is 0.533. The van der Waals surface area contributed by atoms with Gasteiger partial charge in [-0.1, -0.05) is 15.9 Å². The highest BCUT2D eigenvalue weighted by molar-refractivity contribution is 9.10. The van der Waals surface area contributed by atoms with E-state index in [-0.39, 0.29) is 0 Å². The van der Waals surface area contributed by atoms with E-state index in [4.69, 9.17) is 4.74 Å². The zero-order valence-corrected chi connectivity index (χ0v) is 11.6. The first-order valence-electron chi connectivity index (χ1n) is 4.95. The largest absolute Gasteiger partial charge is 0.487 e. The van der Waals surface area contributed by atoms with E-state index in [0.29, 0.717) is 6.61 Å². The fourth-order valence-electron chi connectivity index (χ4n) is 1.34. The normalized spacial score (nSPS) is 10.4. The summed E-state index contributed by atoms with van der Waals surface area (Å²) in [5, 5.41) is 3.10. The molecular formula is C12H12BrNOS. The van der Waals surface area contributed by atoms with Gasteiger partial charge in [0.2, 0.25) is 0 Å². The third-order valence-corrected chi connectivity index (χ3v) is 3.89. The fourth-order valence-corrected chi connectivity index (χ4v) is 2.18. The molecule has 0 N–H and O–H groups in total. The van der Waals surface area contributed by atoms with Crippen molar-refractivity contribution in [3.05, 3.63) is 44.3 Å². The monoisotopic (exact) mass is 297 g/mol. The van der Waals surface area contributed by atoms with Gasteiger partial charge in [0.1, 0.15) is 12.4 Å². The topological polar surface area (TPSA) is 22.1 Å². The van der Waals surface area contributed by atoms with Crippen molar-refractivity contribution in [2.24, 2.45) is 0 Å². The van der Waals surface area contributed by atoms with Crippen LogP contribution in [0, 0.1) is 13.8 Å². The lowest BCUT2D eigenvalue weighted by molar-refractivity contribution is 0.301. The Labute approximate surface area is 107 Å². The summed E-state index contributed by atoms with van der Waals surface area (Å²) in [5.74, 6) is 0.881. The van der Waals surface area contributed by atoms with E-state index < -0.39 is 0 Å². The van der Waals surface area contributed by atoms with Gasteiger partial charge in [0.05, 0.1) is 10.7 Å². The smallest absolute Gasteiger partial charge is 0.131 e. The summed E-state index contributed by atoms with van der Waals surface area (Å²) in [4.78, 5) is 4.35. The van der Waals surface area contributed by atoms with E-state index in [1.54, 1.807) is 11.3 Å². The summed E-state index contributed by atoms with van der Waals surface area (Å²) in [7, 11) is 0. The van der Waals surface area contributed by atoms with Crippen LogP contribution in [0.1, 0.15) is 16.3 Å². The Balaban J connectivity index is 2.02. The third-order valence-electron chi connectivity index (χ3n) is 2.18. The lowest BCUT2D eigenvalue weighted by atomic mass is 10.2. The quantitative estimate of drug-likeness (QED) is 0.851. The molecule has 2 nitrogen and oxygen atoms in total. The van der Waals surface area contributed by atoms with Crippen molar-refractivity contribution in [2.45, 2.75) is 20.5 Å². The molecule has 0 spiro atoms. The highest BCUT2D eigenvalue weighted by Crippen LogP contribution is 2.22. The predicted octanol–water partition coefficient (Wildman–Crippen LogP) is 4.10. The second-order valence-corrected chi connectivity index (χ2v) is 5.47. The van der Waals surface area contributed by atoms with Gasteiger partial charge >= 0.3 is 0 Å². The van der Waals surface area contributed by atoms with Crippen molar-refractivity contribution in [3.63, 3.8) is 0 Å². The predicted molar refractivity (Wildman–Crippen MR) is 70.1 cm³/mol. The van der Waals surface area contributed by atoms with Gasteiger partial charge < -0.3 is 4.74 Å². The molecule has 0 unspecified atom stereocenters. The van der Waals surface area contributed by atoms with Gasteiger partial charge in [-0.05, 0) is 37.6 Å². The number of ether oxygens (including phenoxy) is 1.